The molecule has 1 amide bonds. The number of amides is 1. The van der Waals surface area contributed by atoms with Crippen molar-refractivity contribution >= 4 is 47.0 Å². The Hall–Kier alpha value is -2.87. The van der Waals surface area contributed by atoms with Gasteiger partial charge in [0.2, 0.25) is 11.9 Å². The second-order valence-electron chi connectivity index (χ2n) is 5.56. The van der Waals surface area contributed by atoms with E-state index in [0.717, 1.165) is 11.3 Å². The average Bonchev–Trinajstić information content (AvgIpc) is 2.55. The molecule has 0 saturated heterocycles. The molecule has 130 valence electrons. The van der Waals surface area contributed by atoms with Crippen LogP contribution in [-0.4, -0.2) is 40.3 Å². The van der Waals surface area contributed by atoms with Gasteiger partial charge in [-0.15, -0.1) is 10.2 Å². The molecule has 1 aromatic heterocycles. The molecule has 2 aromatic rings. The van der Waals surface area contributed by atoms with Crippen LogP contribution in [0.5, 0.6) is 0 Å². The van der Waals surface area contributed by atoms with Gasteiger partial charge >= 0.3 is 0 Å². The van der Waals surface area contributed by atoms with Crippen LogP contribution in [0, 0.1) is 6.92 Å². The largest absolute Gasteiger partial charge is 0.378 e. The minimum absolute atomic E-state index is 0.132. The fourth-order valence-corrected chi connectivity index (χ4v) is 2.19. The van der Waals surface area contributed by atoms with Crippen molar-refractivity contribution in [3.05, 3.63) is 41.2 Å². The van der Waals surface area contributed by atoms with Crippen LogP contribution in [0.1, 0.15) is 23.9 Å². The Kier molecular flexibility index (Phi) is 6.13. The van der Waals surface area contributed by atoms with Gasteiger partial charge in [0.25, 0.3) is 0 Å². The molecule has 1 heterocycles. The zero-order valence-electron chi connectivity index (χ0n) is 14.6. The number of anilines is 2. The van der Waals surface area contributed by atoms with E-state index in [0.29, 0.717) is 11.4 Å². The van der Waals surface area contributed by atoms with E-state index in [2.05, 4.69) is 25.8 Å². The van der Waals surface area contributed by atoms with Gasteiger partial charge in [-0.25, -0.2) is 4.98 Å². The molecule has 0 spiro atoms. The summed E-state index contributed by atoms with van der Waals surface area (Å²) in [4.78, 5) is 17.4. The first-order chi connectivity index (χ1) is 11.8. The van der Waals surface area contributed by atoms with Crippen molar-refractivity contribution in [2.24, 2.45) is 0 Å². The number of thiocarbonyl (C=S) groups is 1. The molecule has 7 nitrogen and oxygen atoms in total. The molecular formula is C17H20N6OS. The Balaban J connectivity index is 2.14. The number of benzene rings is 1. The van der Waals surface area contributed by atoms with Gasteiger partial charge < -0.3 is 10.2 Å². The Morgan fingerprint density at radius 3 is 2.44 bits per heavy atom. The van der Waals surface area contributed by atoms with Gasteiger partial charge in [0.05, 0.1) is 11.4 Å². The van der Waals surface area contributed by atoms with Crippen molar-refractivity contribution in [1.82, 2.24) is 20.5 Å². The summed E-state index contributed by atoms with van der Waals surface area (Å²) >= 11 is 4.99. The fourth-order valence-electron chi connectivity index (χ4n) is 1.95. The number of hydrogen-bond acceptors (Lipinski definition) is 6. The van der Waals surface area contributed by atoms with Gasteiger partial charge in [-0.3, -0.25) is 10.1 Å². The van der Waals surface area contributed by atoms with Crippen LogP contribution in [0.2, 0.25) is 0 Å². The molecule has 0 unspecified atom stereocenters. The summed E-state index contributed by atoms with van der Waals surface area (Å²) in [5.74, 6) is -0.0363. The number of nitrogens with zero attached hydrogens (tertiary/aromatic N) is 4. The number of carbonyl (C=O) groups is 1. The number of aryl methyl sites for hydroxylation is 1. The SMILES string of the molecule is CC(=O)NC(=S)Nc1nnc(C)c(/C=C/c2ccc(N(C)C)cc2)n1. The molecule has 0 aliphatic rings. The molecule has 2 N–H and O–H groups in total. The van der Waals surface area contributed by atoms with Crippen molar-refractivity contribution in [2.45, 2.75) is 13.8 Å². The lowest BCUT2D eigenvalue weighted by Crippen LogP contribution is -2.32. The summed E-state index contributed by atoms with van der Waals surface area (Å²) in [6.45, 7) is 3.20. The van der Waals surface area contributed by atoms with Crippen molar-refractivity contribution in [3.63, 3.8) is 0 Å². The highest BCUT2D eigenvalue weighted by Gasteiger charge is 2.06. The van der Waals surface area contributed by atoms with E-state index < -0.39 is 0 Å². The van der Waals surface area contributed by atoms with Crippen LogP contribution in [0.25, 0.3) is 12.2 Å². The van der Waals surface area contributed by atoms with Crippen LogP contribution >= 0.6 is 12.2 Å². The lowest BCUT2D eigenvalue weighted by molar-refractivity contribution is -0.117. The van der Waals surface area contributed by atoms with Crippen LogP contribution in [-0.2, 0) is 4.79 Å². The highest BCUT2D eigenvalue weighted by Crippen LogP contribution is 2.15. The van der Waals surface area contributed by atoms with Crippen LogP contribution in [0.3, 0.4) is 0 Å². The Morgan fingerprint density at radius 1 is 1.16 bits per heavy atom. The van der Waals surface area contributed by atoms with Gasteiger partial charge in [0, 0.05) is 26.7 Å². The lowest BCUT2D eigenvalue weighted by atomic mass is 10.1. The third kappa shape index (κ3) is 5.61. The van der Waals surface area contributed by atoms with Gasteiger partial charge in [-0.2, -0.15) is 0 Å². The predicted molar refractivity (Wildman–Crippen MR) is 104 cm³/mol. The van der Waals surface area contributed by atoms with Crippen molar-refractivity contribution in [2.75, 3.05) is 24.3 Å². The number of hydrogen-bond donors (Lipinski definition) is 2. The first-order valence-corrected chi connectivity index (χ1v) is 8.01. The molecule has 0 saturated carbocycles. The minimum Gasteiger partial charge on any atom is -0.378 e. The second-order valence-corrected chi connectivity index (χ2v) is 5.97. The molecule has 0 aliphatic carbocycles. The van der Waals surface area contributed by atoms with E-state index >= 15 is 0 Å². The minimum atomic E-state index is -0.265. The third-order valence-electron chi connectivity index (χ3n) is 3.25. The zero-order chi connectivity index (χ0) is 18.4. The third-order valence-corrected chi connectivity index (χ3v) is 3.45. The second kappa shape index (κ2) is 8.29. The van der Waals surface area contributed by atoms with Crippen molar-refractivity contribution in [3.8, 4) is 0 Å². The van der Waals surface area contributed by atoms with E-state index in [1.807, 2.05) is 62.3 Å². The maximum absolute atomic E-state index is 11.0. The fraction of sp³-hybridized carbons (Fsp3) is 0.235. The smallest absolute Gasteiger partial charge is 0.249 e. The first kappa shape index (κ1) is 18.5. The molecule has 0 bridgehead atoms. The topological polar surface area (TPSA) is 83.0 Å². The zero-order valence-corrected chi connectivity index (χ0v) is 15.4. The van der Waals surface area contributed by atoms with E-state index in [4.69, 9.17) is 12.2 Å². The van der Waals surface area contributed by atoms with Gasteiger partial charge in [-0.1, -0.05) is 18.2 Å². The number of nitrogens with one attached hydrogen (secondary N) is 2. The van der Waals surface area contributed by atoms with Gasteiger partial charge in [-0.05, 0) is 42.9 Å². The summed E-state index contributed by atoms with van der Waals surface area (Å²) < 4.78 is 0. The summed E-state index contributed by atoms with van der Waals surface area (Å²) in [5, 5.41) is 13.3. The normalized spacial score (nSPS) is 10.6. The van der Waals surface area contributed by atoms with Gasteiger partial charge in [0.1, 0.15) is 0 Å². The number of aromatic nitrogens is 3. The average molecular weight is 356 g/mol. The maximum atomic E-state index is 11.0. The lowest BCUT2D eigenvalue weighted by Gasteiger charge is -2.11. The molecule has 0 aliphatic heterocycles. The number of rotatable bonds is 4. The van der Waals surface area contributed by atoms with Crippen LogP contribution in [0.4, 0.5) is 11.6 Å². The van der Waals surface area contributed by atoms with Crippen molar-refractivity contribution in [1.29, 1.82) is 0 Å². The molecule has 2 rings (SSSR count). The van der Waals surface area contributed by atoms with E-state index in [9.17, 15) is 4.79 Å². The van der Waals surface area contributed by atoms with Crippen molar-refractivity contribution < 1.29 is 4.79 Å². The molecule has 0 atom stereocenters. The highest BCUT2D eigenvalue weighted by molar-refractivity contribution is 7.80. The molecule has 1 aromatic carbocycles. The van der Waals surface area contributed by atoms with E-state index in [-0.39, 0.29) is 17.0 Å². The van der Waals surface area contributed by atoms with Crippen LogP contribution in [0.15, 0.2) is 24.3 Å². The van der Waals surface area contributed by atoms with E-state index in [1.165, 1.54) is 6.92 Å². The maximum Gasteiger partial charge on any atom is 0.249 e. The van der Waals surface area contributed by atoms with E-state index in [1.54, 1.807) is 0 Å². The Morgan fingerprint density at radius 2 is 1.84 bits per heavy atom. The Bertz CT molecular complexity index is 801. The number of carbonyl (C=O) groups excluding carboxylic acids is 1. The molecule has 25 heavy (non-hydrogen) atoms. The van der Waals surface area contributed by atoms with Gasteiger partial charge in [0.15, 0.2) is 5.11 Å². The molecule has 0 fully saturated rings. The summed E-state index contributed by atoms with van der Waals surface area (Å²) in [6.07, 6.45) is 3.81. The van der Waals surface area contributed by atoms with Crippen LogP contribution < -0.4 is 15.5 Å². The summed E-state index contributed by atoms with van der Waals surface area (Å²) in [5.41, 5.74) is 3.54. The monoisotopic (exact) mass is 356 g/mol. The first-order valence-electron chi connectivity index (χ1n) is 7.60. The quantitative estimate of drug-likeness (QED) is 0.813. The molecule has 8 heteroatoms. The summed E-state index contributed by atoms with van der Waals surface area (Å²) in [6, 6.07) is 8.15. The molecular weight excluding hydrogens is 336 g/mol. The molecule has 0 radical (unpaired) electrons. The summed E-state index contributed by atoms with van der Waals surface area (Å²) in [7, 11) is 4.00. The standard InChI is InChI=1S/C17H20N6OS/c1-11-15(10-7-13-5-8-14(9-6-13)23(3)4)19-16(22-21-11)20-17(25)18-12(2)24/h5-10H,1-4H3,(H2,18,19,20,22,24,25)/b10-7+. The Labute approximate surface area is 152 Å². The predicted octanol–water partition coefficient (Wildman–Crippen LogP) is 2.25. The highest BCUT2D eigenvalue weighted by atomic mass is 32.1.